The van der Waals surface area contributed by atoms with Crippen molar-refractivity contribution < 1.29 is 0 Å². The third-order valence-electron chi connectivity index (χ3n) is 5.25. The van der Waals surface area contributed by atoms with E-state index in [4.69, 9.17) is 5.73 Å². The molecular weight excluding hydrogens is 368 g/mol. The predicted octanol–water partition coefficient (Wildman–Crippen LogP) is 5.18. The SMILES string of the molecule is C=C(CCc1ccccc1)NCCC.NCCNc1ccc(N2CCCCC2)cc1. The third kappa shape index (κ3) is 9.36. The average Bonchev–Trinajstić information content (AvgIpc) is 2.82. The van der Waals surface area contributed by atoms with Gasteiger partial charge in [-0.05, 0) is 68.4 Å². The standard InChI is InChI=1S/C13H21N3.C13H19N/c14-8-9-15-12-4-6-13(7-5-12)16-10-2-1-3-11-16;1-3-11-14-12(2)9-10-13-7-5-4-6-8-13/h4-7,15H,1-3,8-11,14H2;4-8,14H,2-3,9-11H2,1H3. The van der Waals surface area contributed by atoms with Crippen molar-refractivity contribution in [2.24, 2.45) is 5.73 Å². The minimum Gasteiger partial charge on any atom is -0.389 e. The Hall–Kier alpha value is -2.46. The molecule has 0 unspecified atom stereocenters. The van der Waals surface area contributed by atoms with Gasteiger partial charge in [-0.2, -0.15) is 0 Å². The van der Waals surface area contributed by atoms with Gasteiger partial charge >= 0.3 is 0 Å². The number of nitrogens with two attached hydrogens (primary N) is 1. The molecule has 0 aliphatic carbocycles. The summed E-state index contributed by atoms with van der Waals surface area (Å²) in [6, 6.07) is 19.2. The van der Waals surface area contributed by atoms with Gasteiger partial charge in [0.2, 0.25) is 0 Å². The minimum atomic E-state index is 0.674. The monoisotopic (exact) mass is 408 g/mol. The molecule has 4 heteroatoms. The molecule has 0 radical (unpaired) electrons. The van der Waals surface area contributed by atoms with Crippen molar-refractivity contribution in [1.82, 2.24) is 5.32 Å². The van der Waals surface area contributed by atoms with E-state index in [0.29, 0.717) is 6.54 Å². The van der Waals surface area contributed by atoms with Crippen LogP contribution in [0.5, 0.6) is 0 Å². The highest BCUT2D eigenvalue weighted by molar-refractivity contribution is 5.55. The lowest BCUT2D eigenvalue weighted by Crippen LogP contribution is -2.29. The smallest absolute Gasteiger partial charge is 0.0367 e. The van der Waals surface area contributed by atoms with Gasteiger partial charge in [-0.15, -0.1) is 0 Å². The molecule has 1 fully saturated rings. The summed E-state index contributed by atoms with van der Waals surface area (Å²) in [5, 5.41) is 6.59. The Kier molecular flexibility index (Phi) is 11.5. The number of aryl methyl sites for hydroxylation is 1. The highest BCUT2D eigenvalue weighted by Gasteiger charge is 2.10. The van der Waals surface area contributed by atoms with Gasteiger partial charge in [-0.3, -0.25) is 0 Å². The lowest BCUT2D eigenvalue weighted by Gasteiger charge is -2.28. The molecule has 0 saturated carbocycles. The predicted molar refractivity (Wildman–Crippen MR) is 132 cm³/mol. The van der Waals surface area contributed by atoms with Crippen LogP contribution < -0.4 is 21.3 Å². The van der Waals surface area contributed by atoms with Crippen molar-refractivity contribution >= 4 is 11.4 Å². The number of hydrogen-bond donors (Lipinski definition) is 3. The Balaban J connectivity index is 0.000000216. The molecule has 4 nitrogen and oxygen atoms in total. The van der Waals surface area contributed by atoms with E-state index >= 15 is 0 Å². The van der Waals surface area contributed by atoms with Gasteiger partial charge < -0.3 is 21.3 Å². The fourth-order valence-corrected chi connectivity index (χ4v) is 3.49. The Bertz CT molecular complexity index is 691. The van der Waals surface area contributed by atoms with Crippen LogP contribution in [-0.4, -0.2) is 32.7 Å². The summed E-state index contributed by atoms with van der Waals surface area (Å²) in [5.41, 5.74) is 10.5. The molecule has 2 aromatic rings. The zero-order chi connectivity index (χ0) is 21.4. The van der Waals surface area contributed by atoms with Crippen molar-refractivity contribution in [2.45, 2.75) is 45.4 Å². The van der Waals surface area contributed by atoms with E-state index in [-0.39, 0.29) is 0 Å². The highest BCUT2D eigenvalue weighted by atomic mass is 15.1. The molecule has 0 amide bonds. The van der Waals surface area contributed by atoms with Gasteiger partial charge in [-0.25, -0.2) is 0 Å². The van der Waals surface area contributed by atoms with Crippen LogP contribution in [0.25, 0.3) is 0 Å². The second kappa shape index (κ2) is 14.5. The number of allylic oxidation sites excluding steroid dienone is 1. The molecule has 4 N–H and O–H groups in total. The first-order valence-corrected chi connectivity index (χ1v) is 11.5. The molecule has 3 rings (SSSR count). The zero-order valence-corrected chi connectivity index (χ0v) is 18.7. The molecular formula is C26H40N4. The zero-order valence-electron chi connectivity index (χ0n) is 18.7. The van der Waals surface area contributed by atoms with Gasteiger partial charge in [0.05, 0.1) is 0 Å². The van der Waals surface area contributed by atoms with E-state index in [0.717, 1.165) is 43.7 Å². The quantitative estimate of drug-likeness (QED) is 0.507. The van der Waals surface area contributed by atoms with E-state index in [1.165, 1.54) is 43.6 Å². The molecule has 1 saturated heterocycles. The molecule has 0 atom stereocenters. The molecule has 1 heterocycles. The summed E-state index contributed by atoms with van der Waals surface area (Å²) in [5.74, 6) is 0. The average molecular weight is 409 g/mol. The Morgan fingerprint density at radius 3 is 2.30 bits per heavy atom. The lowest BCUT2D eigenvalue weighted by atomic mass is 10.1. The molecule has 0 aromatic heterocycles. The van der Waals surface area contributed by atoms with E-state index in [1.807, 2.05) is 6.07 Å². The number of piperidine rings is 1. The number of nitrogens with one attached hydrogen (secondary N) is 2. The van der Waals surface area contributed by atoms with Crippen molar-refractivity contribution in [3.63, 3.8) is 0 Å². The molecule has 164 valence electrons. The number of anilines is 2. The summed E-state index contributed by atoms with van der Waals surface area (Å²) >= 11 is 0. The van der Waals surface area contributed by atoms with E-state index in [2.05, 4.69) is 77.6 Å². The molecule has 30 heavy (non-hydrogen) atoms. The maximum absolute atomic E-state index is 5.45. The lowest BCUT2D eigenvalue weighted by molar-refractivity contribution is 0.578. The molecule has 1 aliphatic rings. The van der Waals surface area contributed by atoms with Gasteiger partial charge in [0.15, 0.2) is 0 Å². The van der Waals surface area contributed by atoms with Gasteiger partial charge in [0, 0.05) is 49.8 Å². The first-order valence-electron chi connectivity index (χ1n) is 11.5. The van der Waals surface area contributed by atoms with Crippen LogP contribution in [0.3, 0.4) is 0 Å². The minimum absolute atomic E-state index is 0.674. The van der Waals surface area contributed by atoms with E-state index < -0.39 is 0 Å². The van der Waals surface area contributed by atoms with Crippen LogP contribution in [-0.2, 0) is 6.42 Å². The highest BCUT2D eigenvalue weighted by Crippen LogP contribution is 2.21. The van der Waals surface area contributed by atoms with Crippen LogP contribution in [0.15, 0.2) is 66.9 Å². The maximum Gasteiger partial charge on any atom is 0.0367 e. The summed E-state index contributed by atoms with van der Waals surface area (Å²) in [4.78, 5) is 2.47. The summed E-state index contributed by atoms with van der Waals surface area (Å²) in [6.45, 7) is 11.1. The number of nitrogens with zero attached hydrogens (tertiary/aromatic N) is 1. The van der Waals surface area contributed by atoms with Crippen molar-refractivity contribution in [1.29, 1.82) is 0 Å². The summed E-state index contributed by atoms with van der Waals surface area (Å²) < 4.78 is 0. The molecule has 0 bridgehead atoms. The van der Waals surface area contributed by atoms with Crippen molar-refractivity contribution in [2.75, 3.05) is 42.9 Å². The van der Waals surface area contributed by atoms with Crippen LogP contribution in [0, 0.1) is 0 Å². The van der Waals surface area contributed by atoms with Gasteiger partial charge in [-0.1, -0.05) is 43.8 Å². The molecule has 1 aliphatic heterocycles. The Morgan fingerprint density at radius 1 is 0.967 bits per heavy atom. The Labute approximate surface area is 183 Å². The van der Waals surface area contributed by atoms with Crippen LogP contribution >= 0.6 is 0 Å². The maximum atomic E-state index is 5.45. The Morgan fingerprint density at radius 2 is 1.67 bits per heavy atom. The van der Waals surface area contributed by atoms with E-state index in [9.17, 15) is 0 Å². The second-order valence-electron chi connectivity index (χ2n) is 7.83. The van der Waals surface area contributed by atoms with Gasteiger partial charge in [0.25, 0.3) is 0 Å². The normalized spacial score (nSPS) is 13.2. The number of hydrogen-bond acceptors (Lipinski definition) is 4. The second-order valence-corrected chi connectivity index (χ2v) is 7.83. The topological polar surface area (TPSA) is 53.3 Å². The summed E-state index contributed by atoms with van der Waals surface area (Å²) in [7, 11) is 0. The number of benzene rings is 2. The van der Waals surface area contributed by atoms with Crippen molar-refractivity contribution in [3.8, 4) is 0 Å². The molecule has 2 aromatic carbocycles. The largest absolute Gasteiger partial charge is 0.389 e. The fraction of sp³-hybridized carbons (Fsp3) is 0.462. The van der Waals surface area contributed by atoms with Crippen LogP contribution in [0.4, 0.5) is 11.4 Å². The fourth-order valence-electron chi connectivity index (χ4n) is 3.49. The summed E-state index contributed by atoms with van der Waals surface area (Å²) in [6.07, 6.45) is 7.30. The van der Waals surface area contributed by atoms with Crippen LogP contribution in [0.2, 0.25) is 0 Å². The first kappa shape index (κ1) is 23.8. The van der Waals surface area contributed by atoms with E-state index in [1.54, 1.807) is 0 Å². The third-order valence-corrected chi connectivity index (χ3v) is 5.25. The van der Waals surface area contributed by atoms with Gasteiger partial charge in [0.1, 0.15) is 0 Å². The van der Waals surface area contributed by atoms with Crippen LogP contribution in [0.1, 0.15) is 44.6 Å². The first-order chi connectivity index (χ1) is 14.7. The molecule has 0 spiro atoms. The number of rotatable bonds is 10. The van der Waals surface area contributed by atoms with Crippen molar-refractivity contribution in [3.05, 3.63) is 72.4 Å².